The zero-order valence-corrected chi connectivity index (χ0v) is 13.7. The number of nitrogens with one attached hydrogen (secondary N) is 2. The number of rotatable bonds is 5. The monoisotopic (exact) mass is 317 g/mol. The number of benzene rings is 1. The second kappa shape index (κ2) is 8.31. The second-order valence-corrected chi connectivity index (χ2v) is 6.38. The van der Waals surface area contributed by atoms with E-state index in [0.29, 0.717) is 12.6 Å². The number of anilines is 2. The van der Waals surface area contributed by atoms with Crippen molar-refractivity contribution in [2.75, 3.05) is 43.1 Å². The number of ether oxygens (including phenoxy) is 1. The van der Waals surface area contributed by atoms with Crippen LogP contribution < -0.4 is 15.5 Å². The van der Waals surface area contributed by atoms with Crippen molar-refractivity contribution in [2.45, 2.75) is 38.1 Å². The molecule has 0 bridgehead atoms. The minimum Gasteiger partial charge on any atom is -0.378 e. The van der Waals surface area contributed by atoms with Crippen LogP contribution in [0.1, 0.15) is 32.1 Å². The van der Waals surface area contributed by atoms with Crippen molar-refractivity contribution >= 4 is 17.3 Å². The topological polar surface area (TPSA) is 53.6 Å². The first kappa shape index (κ1) is 16.3. The van der Waals surface area contributed by atoms with Gasteiger partial charge in [-0.25, -0.2) is 0 Å². The predicted molar refractivity (Wildman–Crippen MR) is 93.0 cm³/mol. The summed E-state index contributed by atoms with van der Waals surface area (Å²) in [7, 11) is 0. The van der Waals surface area contributed by atoms with Gasteiger partial charge in [-0.2, -0.15) is 0 Å². The van der Waals surface area contributed by atoms with Gasteiger partial charge in [0.1, 0.15) is 0 Å². The molecule has 0 aromatic heterocycles. The van der Waals surface area contributed by atoms with E-state index in [1.165, 1.54) is 32.1 Å². The van der Waals surface area contributed by atoms with Gasteiger partial charge in [-0.15, -0.1) is 0 Å². The summed E-state index contributed by atoms with van der Waals surface area (Å²) in [6.45, 7) is 3.61. The lowest BCUT2D eigenvalue weighted by atomic mass is 9.95. The molecule has 1 heterocycles. The standard InChI is InChI=1S/C18H27N3O2/c22-18(14-19-15-6-2-1-3-7-15)20-16-8-4-5-9-17(16)21-10-12-23-13-11-21/h4-5,8-9,15,19H,1-3,6-7,10-14H2,(H,20,22). The Morgan fingerprint density at radius 3 is 2.65 bits per heavy atom. The maximum Gasteiger partial charge on any atom is 0.238 e. The Morgan fingerprint density at radius 1 is 1.13 bits per heavy atom. The van der Waals surface area contributed by atoms with E-state index >= 15 is 0 Å². The molecular weight excluding hydrogens is 290 g/mol. The number of morpholine rings is 1. The quantitative estimate of drug-likeness (QED) is 0.875. The summed E-state index contributed by atoms with van der Waals surface area (Å²) in [6, 6.07) is 8.53. The largest absolute Gasteiger partial charge is 0.378 e. The van der Waals surface area contributed by atoms with Crippen LogP contribution in [0.3, 0.4) is 0 Å². The molecule has 0 spiro atoms. The van der Waals surface area contributed by atoms with Gasteiger partial charge in [0.05, 0.1) is 31.1 Å². The Hall–Kier alpha value is -1.59. The number of amides is 1. The molecule has 126 valence electrons. The smallest absolute Gasteiger partial charge is 0.238 e. The van der Waals surface area contributed by atoms with E-state index < -0.39 is 0 Å². The van der Waals surface area contributed by atoms with Crippen LogP contribution in [0.15, 0.2) is 24.3 Å². The molecule has 2 N–H and O–H groups in total. The van der Waals surface area contributed by atoms with Gasteiger partial charge in [-0.3, -0.25) is 4.79 Å². The number of hydrogen-bond acceptors (Lipinski definition) is 4. The molecule has 5 nitrogen and oxygen atoms in total. The average Bonchev–Trinajstić information content (AvgIpc) is 2.62. The zero-order chi connectivity index (χ0) is 15.9. The molecular formula is C18H27N3O2. The van der Waals surface area contributed by atoms with Crippen LogP contribution in [-0.4, -0.2) is 44.8 Å². The Morgan fingerprint density at radius 2 is 1.87 bits per heavy atom. The Labute approximate surface area is 138 Å². The summed E-state index contributed by atoms with van der Waals surface area (Å²) in [5, 5.41) is 6.46. The first-order chi connectivity index (χ1) is 11.3. The van der Waals surface area contributed by atoms with Gasteiger partial charge in [-0.05, 0) is 25.0 Å². The van der Waals surface area contributed by atoms with Crippen LogP contribution in [0.5, 0.6) is 0 Å². The van der Waals surface area contributed by atoms with E-state index in [1.807, 2.05) is 18.2 Å². The third kappa shape index (κ3) is 4.69. The van der Waals surface area contributed by atoms with Crippen LogP contribution in [0.2, 0.25) is 0 Å². The molecule has 5 heteroatoms. The third-order valence-corrected chi connectivity index (χ3v) is 4.69. The van der Waals surface area contributed by atoms with E-state index in [2.05, 4.69) is 21.6 Å². The number of carbonyl (C=O) groups excluding carboxylic acids is 1. The zero-order valence-electron chi connectivity index (χ0n) is 13.7. The van der Waals surface area contributed by atoms with Crippen molar-refractivity contribution in [1.82, 2.24) is 5.32 Å². The number of hydrogen-bond donors (Lipinski definition) is 2. The molecule has 0 unspecified atom stereocenters. The Kier molecular flexibility index (Phi) is 5.88. The maximum absolute atomic E-state index is 12.3. The van der Waals surface area contributed by atoms with E-state index in [9.17, 15) is 4.79 Å². The highest BCUT2D eigenvalue weighted by molar-refractivity contribution is 5.95. The van der Waals surface area contributed by atoms with Crippen LogP contribution in [-0.2, 0) is 9.53 Å². The average molecular weight is 317 g/mol. The first-order valence-corrected chi connectivity index (χ1v) is 8.78. The molecule has 0 radical (unpaired) electrons. The van der Waals surface area contributed by atoms with E-state index in [-0.39, 0.29) is 5.91 Å². The van der Waals surface area contributed by atoms with Crippen LogP contribution >= 0.6 is 0 Å². The van der Waals surface area contributed by atoms with Crippen LogP contribution in [0.25, 0.3) is 0 Å². The normalized spacial score (nSPS) is 19.6. The molecule has 0 atom stereocenters. The number of nitrogens with zero attached hydrogens (tertiary/aromatic N) is 1. The highest BCUT2D eigenvalue weighted by Gasteiger charge is 2.17. The van der Waals surface area contributed by atoms with E-state index in [0.717, 1.165) is 37.7 Å². The molecule has 1 saturated carbocycles. The van der Waals surface area contributed by atoms with Crippen molar-refractivity contribution in [2.24, 2.45) is 0 Å². The van der Waals surface area contributed by atoms with Gasteiger partial charge >= 0.3 is 0 Å². The minimum absolute atomic E-state index is 0.0382. The molecule has 1 saturated heterocycles. The number of para-hydroxylation sites is 2. The molecule has 2 fully saturated rings. The third-order valence-electron chi connectivity index (χ3n) is 4.69. The number of carbonyl (C=O) groups is 1. The fourth-order valence-electron chi connectivity index (χ4n) is 3.40. The van der Waals surface area contributed by atoms with Crippen LogP contribution in [0.4, 0.5) is 11.4 Å². The van der Waals surface area contributed by atoms with Crippen molar-refractivity contribution in [3.05, 3.63) is 24.3 Å². The molecule has 1 aliphatic carbocycles. The van der Waals surface area contributed by atoms with Crippen molar-refractivity contribution in [1.29, 1.82) is 0 Å². The lowest BCUT2D eigenvalue weighted by molar-refractivity contribution is -0.115. The van der Waals surface area contributed by atoms with E-state index in [1.54, 1.807) is 0 Å². The predicted octanol–water partition coefficient (Wildman–Crippen LogP) is 2.38. The summed E-state index contributed by atoms with van der Waals surface area (Å²) >= 11 is 0. The van der Waals surface area contributed by atoms with Crippen LogP contribution in [0, 0.1) is 0 Å². The Bertz CT molecular complexity index is 509. The second-order valence-electron chi connectivity index (χ2n) is 6.38. The van der Waals surface area contributed by atoms with E-state index in [4.69, 9.17) is 4.74 Å². The molecule has 1 aliphatic heterocycles. The van der Waals surface area contributed by atoms with Crippen molar-refractivity contribution in [3.8, 4) is 0 Å². The van der Waals surface area contributed by atoms with Gasteiger partial charge < -0.3 is 20.3 Å². The molecule has 1 aromatic carbocycles. The lowest BCUT2D eigenvalue weighted by Gasteiger charge is -2.30. The van der Waals surface area contributed by atoms with Gasteiger partial charge in [0.2, 0.25) is 5.91 Å². The summed E-state index contributed by atoms with van der Waals surface area (Å²) in [5.41, 5.74) is 1.98. The highest BCUT2D eigenvalue weighted by Crippen LogP contribution is 2.26. The van der Waals surface area contributed by atoms with Gasteiger partial charge in [0, 0.05) is 19.1 Å². The SMILES string of the molecule is O=C(CNC1CCCCC1)Nc1ccccc1N1CCOCC1. The summed E-state index contributed by atoms with van der Waals surface area (Å²) in [4.78, 5) is 14.5. The van der Waals surface area contributed by atoms with Gasteiger partial charge in [0.15, 0.2) is 0 Å². The Balaban J connectivity index is 1.55. The summed E-state index contributed by atoms with van der Waals surface area (Å²) in [5.74, 6) is 0.0382. The van der Waals surface area contributed by atoms with Crippen molar-refractivity contribution in [3.63, 3.8) is 0 Å². The molecule has 2 aliphatic rings. The molecule has 1 aromatic rings. The molecule has 3 rings (SSSR count). The fourth-order valence-corrected chi connectivity index (χ4v) is 3.40. The van der Waals surface area contributed by atoms with Gasteiger partial charge in [0.25, 0.3) is 0 Å². The van der Waals surface area contributed by atoms with Crippen molar-refractivity contribution < 1.29 is 9.53 Å². The highest BCUT2D eigenvalue weighted by atomic mass is 16.5. The summed E-state index contributed by atoms with van der Waals surface area (Å²) in [6.07, 6.45) is 6.27. The molecule has 23 heavy (non-hydrogen) atoms. The lowest BCUT2D eigenvalue weighted by Crippen LogP contribution is -2.38. The first-order valence-electron chi connectivity index (χ1n) is 8.78. The van der Waals surface area contributed by atoms with Gasteiger partial charge in [-0.1, -0.05) is 31.4 Å². The maximum atomic E-state index is 12.3. The fraction of sp³-hybridized carbons (Fsp3) is 0.611. The summed E-state index contributed by atoms with van der Waals surface area (Å²) < 4.78 is 5.41. The minimum atomic E-state index is 0.0382. The molecule has 1 amide bonds.